The first-order valence-corrected chi connectivity index (χ1v) is 7.66. The first kappa shape index (κ1) is 14.6. The fraction of sp³-hybridized carbons (Fsp3) is 0.438. The van der Waals surface area contributed by atoms with Gasteiger partial charge in [-0.05, 0) is 31.2 Å². The van der Waals surface area contributed by atoms with E-state index in [1.54, 1.807) is 0 Å². The van der Waals surface area contributed by atoms with Crippen molar-refractivity contribution in [3.05, 3.63) is 41.8 Å². The molecule has 6 heteroatoms. The molecule has 0 saturated carbocycles. The molecule has 0 bridgehead atoms. The summed E-state index contributed by atoms with van der Waals surface area (Å²) in [5.41, 5.74) is 6.71. The van der Waals surface area contributed by atoms with Gasteiger partial charge in [0.15, 0.2) is 0 Å². The van der Waals surface area contributed by atoms with Gasteiger partial charge in [-0.25, -0.2) is 0 Å². The maximum Gasteiger partial charge on any atom is 0.318 e. The van der Waals surface area contributed by atoms with E-state index in [-0.39, 0.29) is 11.9 Å². The minimum atomic E-state index is -0.332. The van der Waals surface area contributed by atoms with Gasteiger partial charge in [0, 0.05) is 13.0 Å². The van der Waals surface area contributed by atoms with Crippen LogP contribution in [0.25, 0.3) is 0 Å². The molecular weight excluding hydrogens is 280 g/mol. The van der Waals surface area contributed by atoms with Crippen molar-refractivity contribution in [3.63, 3.8) is 0 Å². The summed E-state index contributed by atoms with van der Waals surface area (Å²) in [5, 5.41) is 8.13. The lowest BCUT2D eigenvalue weighted by atomic mass is 10.1. The molecule has 3 rings (SSSR count). The van der Waals surface area contributed by atoms with Crippen molar-refractivity contribution in [2.24, 2.45) is 5.73 Å². The Hall–Kier alpha value is -2.37. The minimum Gasteiger partial charge on any atom is -0.408 e. The Kier molecular flexibility index (Phi) is 4.37. The third-order valence-electron chi connectivity index (χ3n) is 3.98. The van der Waals surface area contributed by atoms with Crippen LogP contribution < -0.4 is 10.6 Å². The SMILES string of the molecule is NC(=O)[C@@H]1CCCN1c1nnc(CCCc2ccccc2)o1. The predicted octanol–water partition coefficient (Wildman–Crippen LogP) is 1.70. The Morgan fingerprint density at radius 1 is 1.27 bits per heavy atom. The number of hydrogen-bond donors (Lipinski definition) is 1. The van der Waals surface area contributed by atoms with Gasteiger partial charge in [0.1, 0.15) is 6.04 Å². The third kappa shape index (κ3) is 3.27. The van der Waals surface area contributed by atoms with Crippen LogP contribution in [-0.4, -0.2) is 28.7 Å². The van der Waals surface area contributed by atoms with E-state index in [2.05, 4.69) is 22.3 Å². The monoisotopic (exact) mass is 300 g/mol. The molecule has 6 nitrogen and oxygen atoms in total. The lowest BCUT2D eigenvalue weighted by Gasteiger charge is -2.18. The van der Waals surface area contributed by atoms with Crippen molar-refractivity contribution < 1.29 is 9.21 Å². The summed E-state index contributed by atoms with van der Waals surface area (Å²) in [6.07, 6.45) is 4.33. The van der Waals surface area contributed by atoms with Crippen LogP contribution in [0.1, 0.15) is 30.7 Å². The van der Waals surface area contributed by atoms with Crippen LogP contribution in [0.5, 0.6) is 0 Å². The average Bonchev–Trinajstić information content (AvgIpc) is 3.17. The van der Waals surface area contributed by atoms with E-state index in [0.29, 0.717) is 11.9 Å². The second kappa shape index (κ2) is 6.60. The topological polar surface area (TPSA) is 85.3 Å². The molecule has 1 fully saturated rings. The van der Waals surface area contributed by atoms with Crippen LogP contribution in [0.3, 0.4) is 0 Å². The van der Waals surface area contributed by atoms with E-state index >= 15 is 0 Å². The molecule has 0 spiro atoms. The third-order valence-corrected chi connectivity index (χ3v) is 3.98. The fourth-order valence-corrected chi connectivity index (χ4v) is 2.84. The zero-order chi connectivity index (χ0) is 15.4. The van der Waals surface area contributed by atoms with E-state index in [0.717, 1.165) is 38.6 Å². The molecule has 1 aromatic heterocycles. The molecule has 1 atom stereocenters. The van der Waals surface area contributed by atoms with Gasteiger partial charge < -0.3 is 15.1 Å². The number of carbonyl (C=O) groups excluding carboxylic acids is 1. The molecule has 1 aliphatic rings. The molecule has 2 heterocycles. The van der Waals surface area contributed by atoms with Gasteiger partial charge in [-0.2, -0.15) is 0 Å². The summed E-state index contributed by atoms with van der Waals surface area (Å²) >= 11 is 0. The van der Waals surface area contributed by atoms with Gasteiger partial charge in [-0.3, -0.25) is 4.79 Å². The number of aromatic nitrogens is 2. The Morgan fingerprint density at radius 3 is 2.86 bits per heavy atom. The highest BCUT2D eigenvalue weighted by Gasteiger charge is 2.32. The van der Waals surface area contributed by atoms with Gasteiger partial charge in [0.25, 0.3) is 0 Å². The van der Waals surface area contributed by atoms with Crippen LogP contribution in [0.2, 0.25) is 0 Å². The molecule has 1 saturated heterocycles. The van der Waals surface area contributed by atoms with Crippen molar-refractivity contribution in [2.75, 3.05) is 11.4 Å². The Labute approximate surface area is 129 Å². The van der Waals surface area contributed by atoms with Crippen molar-refractivity contribution in [1.29, 1.82) is 0 Å². The summed E-state index contributed by atoms with van der Waals surface area (Å²) in [5.74, 6) is 0.280. The molecule has 22 heavy (non-hydrogen) atoms. The summed E-state index contributed by atoms with van der Waals surface area (Å²) in [7, 11) is 0. The maximum atomic E-state index is 11.4. The standard InChI is InChI=1S/C16H20N4O2/c17-15(21)13-9-5-11-20(13)16-19-18-14(22-16)10-4-8-12-6-2-1-3-7-12/h1-3,6-7,13H,4-5,8-11H2,(H2,17,21)/t13-/m0/s1. The number of anilines is 1. The van der Waals surface area contributed by atoms with Crippen molar-refractivity contribution in [2.45, 2.75) is 38.1 Å². The van der Waals surface area contributed by atoms with Gasteiger partial charge in [0.05, 0.1) is 0 Å². The molecule has 1 aliphatic heterocycles. The van der Waals surface area contributed by atoms with Gasteiger partial charge in [-0.1, -0.05) is 35.4 Å². The zero-order valence-corrected chi connectivity index (χ0v) is 12.4. The molecule has 0 radical (unpaired) electrons. The quantitative estimate of drug-likeness (QED) is 0.877. The van der Waals surface area contributed by atoms with E-state index in [1.165, 1.54) is 5.56 Å². The number of benzene rings is 1. The highest BCUT2D eigenvalue weighted by molar-refractivity contribution is 5.83. The highest BCUT2D eigenvalue weighted by Crippen LogP contribution is 2.24. The highest BCUT2D eigenvalue weighted by atomic mass is 16.4. The van der Waals surface area contributed by atoms with Crippen molar-refractivity contribution in [3.8, 4) is 0 Å². The Morgan fingerprint density at radius 2 is 2.09 bits per heavy atom. The van der Waals surface area contributed by atoms with E-state index in [4.69, 9.17) is 10.2 Å². The maximum absolute atomic E-state index is 11.4. The second-order valence-corrected chi connectivity index (χ2v) is 5.57. The van der Waals surface area contributed by atoms with Crippen LogP contribution in [-0.2, 0) is 17.6 Å². The lowest BCUT2D eigenvalue weighted by molar-refractivity contribution is -0.119. The summed E-state index contributed by atoms with van der Waals surface area (Å²) in [6, 6.07) is 10.4. The summed E-state index contributed by atoms with van der Waals surface area (Å²) in [4.78, 5) is 13.2. The van der Waals surface area contributed by atoms with E-state index < -0.39 is 0 Å². The van der Waals surface area contributed by atoms with Gasteiger partial charge in [-0.15, -0.1) is 5.10 Å². The predicted molar refractivity (Wildman–Crippen MR) is 82.3 cm³/mol. The second-order valence-electron chi connectivity index (χ2n) is 5.57. The smallest absolute Gasteiger partial charge is 0.318 e. The van der Waals surface area contributed by atoms with E-state index in [1.807, 2.05) is 23.1 Å². The molecular formula is C16H20N4O2. The summed E-state index contributed by atoms with van der Waals surface area (Å²) < 4.78 is 5.68. The average molecular weight is 300 g/mol. The number of hydrogen-bond acceptors (Lipinski definition) is 5. The number of rotatable bonds is 6. The fourth-order valence-electron chi connectivity index (χ4n) is 2.84. The Balaban J connectivity index is 1.56. The molecule has 116 valence electrons. The van der Waals surface area contributed by atoms with E-state index in [9.17, 15) is 4.79 Å². The molecule has 2 aromatic rings. The molecule has 0 aliphatic carbocycles. The Bertz CT molecular complexity index is 626. The lowest BCUT2D eigenvalue weighted by Crippen LogP contribution is -2.40. The normalized spacial score (nSPS) is 17.8. The number of nitrogens with zero attached hydrogens (tertiary/aromatic N) is 3. The van der Waals surface area contributed by atoms with Gasteiger partial charge >= 0.3 is 6.01 Å². The minimum absolute atomic E-state index is 0.322. The van der Waals surface area contributed by atoms with Crippen molar-refractivity contribution >= 4 is 11.9 Å². The number of amides is 1. The van der Waals surface area contributed by atoms with Gasteiger partial charge in [0.2, 0.25) is 11.8 Å². The first-order valence-electron chi connectivity index (χ1n) is 7.66. The zero-order valence-electron chi connectivity index (χ0n) is 12.4. The van der Waals surface area contributed by atoms with Crippen LogP contribution in [0.15, 0.2) is 34.7 Å². The number of nitrogens with two attached hydrogens (primary N) is 1. The van der Waals surface area contributed by atoms with Crippen LogP contribution in [0.4, 0.5) is 6.01 Å². The molecule has 2 N–H and O–H groups in total. The van der Waals surface area contributed by atoms with Crippen LogP contribution >= 0.6 is 0 Å². The molecule has 0 unspecified atom stereocenters. The number of carbonyl (C=O) groups is 1. The summed E-state index contributed by atoms with van der Waals surface area (Å²) in [6.45, 7) is 0.735. The molecule has 1 aromatic carbocycles. The van der Waals surface area contributed by atoms with Crippen molar-refractivity contribution in [1.82, 2.24) is 10.2 Å². The first-order chi connectivity index (χ1) is 10.7. The number of aryl methyl sites for hydroxylation is 2. The largest absolute Gasteiger partial charge is 0.408 e. The number of primary amides is 1. The van der Waals surface area contributed by atoms with Crippen LogP contribution in [0, 0.1) is 0 Å². The molecule has 1 amide bonds.